The van der Waals surface area contributed by atoms with Crippen LogP contribution in [0.25, 0.3) is 11.3 Å². The minimum absolute atomic E-state index is 0.245. The zero-order valence-electron chi connectivity index (χ0n) is 14.7. The van der Waals surface area contributed by atoms with E-state index in [-0.39, 0.29) is 11.7 Å². The van der Waals surface area contributed by atoms with E-state index in [4.69, 9.17) is 5.14 Å². The first-order chi connectivity index (χ1) is 12.8. The first-order valence-electron chi connectivity index (χ1n) is 8.26. The Morgan fingerprint density at radius 2 is 1.67 bits per heavy atom. The normalized spacial score (nSPS) is 11.2. The van der Waals surface area contributed by atoms with Crippen LogP contribution in [0.5, 0.6) is 0 Å². The molecule has 138 valence electrons. The summed E-state index contributed by atoms with van der Waals surface area (Å²) in [6, 6.07) is 19.8. The van der Waals surface area contributed by atoms with Crippen molar-refractivity contribution < 1.29 is 13.2 Å². The van der Waals surface area contributed by atoms with Crippen LogP contribution in [-0.4, -0.2) is 19.3 Å². The fraction of sp³-hybridized carbons (Fsp3) is 0.100. The van der Waals surface area contributed by atoms with E-state index >= 15 is 0 Å². The Kier molecular flexibility index (Phi) is 5.34. The second-order valence-electron chi connectivity index (χ2n) is 6.15. The van der Waals surface area contributed by atoms with Crippen molar-refractivity contribution in [2.45, 2.75) is 12.7 Å². The van der Waals surface area contributed by atoms with Gasteiger partial charge in [-0.1, -0.05) is 42.5 Å². The third-order valence-corrected chi connectivity index (χ3v) is 4.72. The maximum atomic E-state index is 12.5. The summed E-state index contributed by atoms with van der Waals surface area (Å²) < 4.78 is 22.2. The van der Waals surface area contributed by atoms with Gasteiger partial charge in [0.05, 0.1) is 22.7 Å². The summed E-state index contributed by atoms with van der Waals surface area (Å²) in [4.78, 5) is 17.0. The van der Waals surface area contributed by atoms with Crippen LogP contribution in [0, 0.1) is 6.92 Å². The number of nitrogens with zero attached hydrogens (tertiary/aromatic N) is 1. The highest BCUT2D eigenvalue weighted by Crippen LogP contribution is 2.19. The minimum atomic E-state index is -3.58. The van der Waals surface area contributed by atoms with E-state index in [1.807, 2.05) is 36.4 Å². The molecule has 0 fully saturated rings. The highest BCUT2D eigenvalue weighted by molar-refractivity contribution is 7.88. The molecule has 0 atom stereocenters. The van der Waals surface area contributed by atoms with Gasteiger partial charge in [0, 0.05) is 11.3 Å². The Hall–Kier alpha value is -3.03. The number of aryl methyl sites for hydroxylation is 1. The second kappa shape index (κ2) is 7.69. The van der Waals surface area contributed by atoms with E-state index in [1.165, 1.54) is 0 Å². The van der Waals surface area contributed by atoms with Crippen molar-refractivity contribution in [3.8, 4) is 11.3 Å². The number of amides is 1. The average Bonchev–Trinajstić information content (AvgIpc) is 2.62. The Bertz CT molecular complexity index is 1060. The molecule has 1 amide bonds. The Morgan fingerprint density at radius 1 is 1.00 bits per heavy atom. The molecular formula is C20H19N3O3S. The van der Waals surface area contributed by atoms with Crippen LogP contribution in [0.3, 0.4) is 0 Å². The molecule has 0 bridgehead atoms. The molecular weight excluding hydrogens is 362 g/mol. The van der Waals surface area contributed by atoms with Crippen molar-refractivity contribution in [1.82, 2.24) is 4.98 Å². The van der Waals surface area contributed by atoms with Gasteiger partial charge in [0.1, 0.15) is 0 Å². The molecule has 6 nitrogen and oxygen atoms in total. The molecule has 0 aliphatic carbocycles. The summed E-state index contributed by atoms with van der Waals surface area (Å²) in [6.07, 6.45) is 0. The maximum absolute atomic E-state index is 12.5. The Labute approximate surface area is 158 Å². The molecule has 1 aromatic heterocycles. The number of rotatable bonds is 5. The topological polar surface area (TPSA) is 102 Å². The van der Waals surface area contributed by atoms with Gasteiger partial charge >= 0.3 is 0 Å². The third-order valence-electron chi connectivity index (χ3n) is 3.98. The molecule has 1 heterocycles. The monoisotopic (exact) mass is 381 g/mol. The van der Waals surface area contributed by atoms with E-state index in [9.17, 15) is 13.2 Å². The lowest BCUT2D eigenvalue weighted by atomic mass is 10.1. The first kappa shape index (κ1) is 18.8. The summed E-state index contributed by atoms with van der Waals surface area (Å²) in [5.41, 5.74) is 4.00. The molecule has 0 radical (unpaired) electrons. The first-order valence-corrected chi connectivity index (χ1v) is 9.97. The zero-order chi connectivity index (χ0) is 19.4. The van der Waals surface area contributed by atoms with E-state index in [0.29, 0.717) is 22.5 Å². The lowest BCUT2D eigenvalue weighted by Gasteiger charge is -2.10. The van der Waals surface area contributed by atoms with Crippen molar-refractivity contribution >= 4 is 21.6 Å². The van der Waals surface area contributed by atoms with Crippen LogP contribution >= 0.6 is 0 Å². The minimum Gasteiger partial charge on any atom is -0.322 e. The van der Waals surface area contributed by atoms with Crippen LogP contribution in [0.4, 0.5) is 5.69 Å². The van der Waals surface area contributed by atoms with Gasteiger partial charge in [0.2, 0.25) is 10.0 Å². The maximum Gasteiger partial charge on any atom is 0.257 e. The molecule has 0 aliphatic heterocycles. The summed E-state index contributed by atoms with van der Waals surface area (Å²) in [5.74, 6) is -0.524. The molecule has 0 saturated carbocycles. The summed E-state index contributed by atoms with van der Waals surface area (Å²) in [5, 5.41) is 7.82. The van der Waals surface area contributed by atoms with Crippen molar-refractivity contribution in [2.75, 3.05) is 5.32 Å². The number of primary sulfonamides is 1. The number of pyridine rings is 1. The van der Waals surface area contributed by atoms with Gasteiger partial charge in [-0.3, -0.25) is 9.78 Å². The van der Waals surface area contributed by atoms with Crippen LogP contribution in [0.1, 0.15) is 21.6 Å². The molecule has 0 spiro atoms. The van der Waals surface area contributed by atoms with E-state index < -0.39 is 10.0 Å². The number of anilines is 1. The fourth-order valence-corrected chi connectivity index (χ4v) is 3.34. The summed E-state index contributed by atoms with van der Waals surface area (Å²) in [7, 11) is -3.58. The van der Waals surface area contributed by atoms with Gasteiger partial charge < -0.3 is 5.32 Å². The number of hydrogen-bond donors (Lipinski definition) is 2. The number of nitrogens with one attached hydrogen (secondary N) is 1. The van der Waals surface area contributed by atoms with Gasteiger partial charge in [0.15, 0.2) is 0 Å². The predicted molar refractivity (Wildman–Crippen MR) is 106 cm³/mol. The van der Waals surface area contributed by atoms with Crippen molar-refractivity contribution in [2.24, 2.45) is 5.14 Å². The van der Waals surface area contributed by atoms with E-state index in [0.717, 1.165) is 11.3 Å². The standard InChI is InChI=1S/C20H19N3O3S/c1-14-18(11-12-19(22-14)16-5-3-2-4-6-16)20(24)23-17-9-7-15(8-10-17)13-27(21,25)26/h2-12H,13H2,1H3,(H,23,24)(H2,21,25,26). The molecule has 0 unspecified atom stereocenters. The van der Waals surface area contributed by atoms with Gasteiger partial charge in [-0.2, -0.15) is 0 Å². The lowest BCUT2D eigenvalue weighted by Crippen LogP contribution is -2.15. The molecule has 0 aliphatic rings. The summed E-state index contributed by atoms with van der Waals surface area (Å²) in [6.45, 7) is 1.79. The number of aromatic nitrogens is 1. The SMILES string of the molecule is Cc1nc(-c2ccccc2)ccc1C(=O)Nc1ccc(CS(N)(=O)=O)cc1. The number of nitrogens with two attached hydrogens (primary N) is 1. The van der Waals surface area contributed by atoms with Crippen LogP contribution < -0.4 is 10.5 Å². The van der Waals surface area contributed by atoms with Crippen LogP contribution in [0.15, 0.2) is 66.7 Å². The number of carbonyl (C=O) groups excluding carboxylic acids is 1. The molecule has 3 rings (SSSR count). The highest BCUT2D eigenvalue weighted by Gasteiger charge is 2.12. The van der Waals surface area contributed by atoms with Crippen molar-refractivity contribution in [3.05, 3.63) is 83.6 Å². The Morgan fingerprint density at radius 3 is 2.26 bits per heavy atom. The number of benzene rings is 2. The number of carbonyl (C=O) groups is 1. The molecule has 2 aromatic carbocycles. The van der Waals surface area contributed by atoms with Gasteiger partial charge in [-0.25, -0.2) is 13.6 Å². The number of hydrogen-bond acceptors (Lipinski definition) is 4. The van der Waals surface area contributed by atoms with Crippen LogP contribution in [-0.2, 0) is 15.8 Å². The largest absolute Gasteiger partial charge is 0.322 e. The van der Waals surface area contributed by atoms with E-state index in [2.05, 4.69) is 10.3 Å². The fourth-order valence-electron chi connectivity index (χ4n) is 2.69. The molecule has 7 heteroatoms. The quantitative estimate of drug-likeness (QED) is 0.709. The highest BCUT2D eigenvalue weighted by atomic mass is 32.2. The van der Waals surface area contributed by atoms with Gasteiger partial charge in [-0.15, -0.1) is 0 Å². The smallest absolute Gasteiger partial charge is 0.257 e. The number of sulfonamides is 1. The average molecular weight is 381 g/mol. The van der Waals surface area contributed by atoms with Crippen molar-refractivity contribution in [3.63, 3.8) is 0 Å². The molecule has 3 N–H and O–H groups in total. The Balaban J connectivity index is 1.74. The molecule has 3 aromatic rings. The van der Waals surface area contributed by atoms with E-state index in [1.54, 1.807) is 37.3 Å². The van der Waals surface area contributed by atoms with Gasteiger partial charge in [0.25, 0.3) is 5.91 Å². The second-order valence-corrected chi connectivity index (χ2v) is 7.77. The predicted octanol–water partition coefficient (Wildman–Crippen LogP) is 3.10. The summed E-state index contributed by atoms with van der Waals surface area (Å²) >= 11 is 0. The molecule has 0 saturated heterocycles. The lowest BCUT2D eigenvalue weighted by molar-refractivity contribution is 0.102. The zero-order valence-corrected chi connectivity index (χ0v) is 15.5. The molecule has 27 heavy (non-hydrogen) atoms. The van der Waals surface area contributed by atoms with Gasteiger partial charge in [-0.05, 0) is 36.8 Å². The van der Waals surface area contributed by atoms with Crippen LogP contribution in [0.2, 0.25) is 0 Å². The third kappa shape index (κ3) is 4.99. The van der Waals surface area contributed by atoms with Crippen molar-refractivity contribution in [1.29, 1.82) is 0 Å².